The van der Waals surface area contributed by atoms with Gasteiger partial charge in [0.25, 0.3) is 5.82 Å². The Morgan fingerprint density at radius 3 is 2.58 bits per heavy atom. The van der Waals surface area contributed by atoms with Gasteiger partial charge in [0, 0.05) is 12.4 Å². The Morgan fingerprint density at radius 1 is 1.08 bits per heavy atom. The molecule has 0 saturated carbocycles. The van der Waals surface area contributed by atoms with Crippen LogP contribution in [0.3, 0.4) is 0 Å². The van der Waals surface area contributed by atoms with Gasteiger partial charge in [0.05, 0.1) is 17.6 Å². The number of hydrogen-bond acceptors (Lipinski definition) is 5. The molecular weight excluding hydrogens is 354 g/mol. The fourth-order valence-corrected chi connectivity index (χ4v) is 2.47. The second-order valence-corrected chi connectivity index (χ2v) is 5.32. The third-order valence-electron chi connectivity index (χ3n) is 3.60. The Hall–Kier alpha value is -3.37. The Morgan fingerprint density at radius 2 is 1.85 bits per heavy atom. The molecule has 0 unspecified atom stereocenters. The minimum atomic E-state index is -4.68. The van der Waals surface area contributed by atoms with Gasteiger partial charge in [-0.25, -0.2) is 19.0 Å². The summed E-state index contributed by atoms with van der Waals surface area (Å²) in [5.41, 5.74) is 0.618. The van der Waals surface area contributed by atoms with E-state index in [1.165, 1.54) is 29.2 Å². The molecule has 1 N–H and O–H groups in total. The molecule has 0 aliphatic heterocycles. The van der Waals surface area contributed by atoms with Gasteiger partial charge < -0.3 is 0 Å². The van der Waals surface area contributed by atoms with Crippen LogP contribution < -0.4 is 0 Å². The summed E-state index contributed by atoms with van der Waals surface area (Å²) in [7, 11) is 0. The Kier molecular flexibility index (Phi) is 3.63. The van der Waals surface area contributed by atoms with Gasteiger partial charge in [-0.3, -0.25) is 10.1 Å². The Balaban J connectivity index is 1.82. The van der Waals surface area contributed by atoms with E-state index in [1.54, 1.807) is 12.1 Å². The van der Waals surface area contributed by atoms with Crippen LogP contribution >= 0.6 is 0 Å². The molecule has 0 fully saturated rings. The van der Waals surface area contributed by atoms with E-state index in [9.17, 15) is 17.6 Å². The summed E-state index contributed by atoms with van der Waals surface area (Å²) in [4.78, 5) is 11.6. The topological polar surface area (TPSA) is 85.2 Å². The first-order valence-electron chi connectivity index (χ1n) is 7.34. The van der Waals surface area contributed by atoms with E-state index in [0.29, 0.717) is 11.0 Å². The largest absolute Gasteiger partial charge is 0.453 e. The maximum absolute atomic E-state index is 13.9. The molecule has 0 aromatic carbocycles. The molecule has 0 atom stereocenters. The maximum Gasteiger partial charge on any atom is 0.453 e. The highest BCUT2D eigenvalue weighted by Gasteiger charge is 2.36. The molecule has 132 valence electrons. The van der Waals surface area contributed by atoms with Gasteiger partial charge in [-0.1, -0.05) is 0 Å². The quantitative estimate of drug-likeness (QED) is 0.566. The van der Waals surface area contributed by atoms with E-state index >= 15 is 0 Å². The summed E-state index contributed by atoms with van der Waals surface area (Å²) < 4.78 is 53.4. The number of halogens is 4. The summed E-state index contributed by atoms with van der Waals surface area (Å²) in [6, 6.07) is 5.96. The molecular formula is C15H9F4N7. The highest BCUT2D eigenvalue weighted by atomic mass is 19.4. The molecule has 0 bridgehead atoms. The molecule has 0 saturated heterocycles. The zero-order chi connectivity index (χ0) is 18.3. The van der Waals surface area contributed by atoms with E-state index < -0.39 is 17.8 Å². The number of H-pyrrole nitrogens is 1. The van der Waals surface area contributed by atoms with Crippen LogP contribution in [0.5, 0.6) is 0 Å². The van der Waals surface area contributed by atoms with Crippen molar-refractivity contribution in [2.75, 3.05) is 0 Å². The molecule has 7 nitrogen and oxygen atoms in total. The van der Waals surface area contributed by atoms with E-state index in [0.717, 1.165) is 0 Å². The summed E-state index contributed by atoms with van der Waals surface area (Å²) in [5, 5.41) is 10.1. The number of pyridine rings is 2. The summed E-state index contributed by atoms with van der Waals surface area (Å²) in [6.07, 6.45) is -1.74. The van der Waals surface area contributed by atoms with Crippen LogP contribution in [0.15, 0.2) is 36.7 Å². The van der Waals surface area contributed by atoms with Crippen molar-refractivity contribution in [1.29, 1.82) is 0 Å². The van der Waals surface area contributed by atoms with Gasteiger partial charge in [0.1, 0.15) is 11.5 Å². The van der Waals surface area contributed by atoms with Gasteiger partial charge in [0.15, 0.2) is 11.5 Å². The Bertz CT molecular complexity index is 1080. The predicted molar refractivity (Wildman–Crippen MR) is 81.2 cm³/mol. The van der Waals surface area contributed by atoms with Crippen LogP contribution in [0.25, 0.3) is 22.6 Å². The molecule has 0 spiro atoms. The first-order chi connectivity index (χ1) is 12.4. The number of aromatic nitrogens is 7. The van der Waals surface area contributed by atoms with Crippen LogP contribution in [0.4, 0.5) is 17.6 Å². The van der Waals surface area contributed by atoms with Gasteiger partial charge >= 0.3 is 6.18 Å². The molecule has 0 aliphatic carbocycles. The zero-order valence-corrected chi connectivity index (χ0v) is 12.9. The summed E-state index contributed by atoms with van der Waals surface area (Å²) in [5.74, 6) is -1.97. The number of nitrogens with one attached hydrogen (secondary N) is 1. The number of alkyl halides is 3. The number of aromatic amines is 1. The molecule has 4 rings (SSSR count). The van der Waals surface area contributed by atoms with Gasteiger partial charge in [-0.2, -0.15) is 18.3 Å². The van der Waals surface area contributed by atoms with E-state index in [-0.39, 0.29) is 23.8 Å². The van der Waals surface area contributed by atoms with Crippen molar-refractivity contribution >= 4 is 11.0 Å². The molecule has 11 heteroatoms. The molecule has 26 heavy (non-hydrogen) atoms. The third kappa shape index (κ3) is 2.76. The van der Waals surface area contributed by atoms with Crippen LogP contribution in [0.1, 0.15) is 11.5 Å². The smallest absolute Gasteiger partial charge is 0.257 e. The highest BCUT2D eigenvalue weighted by Crippen LogP contribution is 2.29. The SMILES string of the molecule is Fc1cccnc1Cn1nc(-c2nc(C(F)(F)F)n[nH]2)c2cccnc21. The Labute approximate surface area is 142 Å². The number of rotatable bonds is 3. The van der Waals surface area contributed by atoms with Crippen molar-refractivity contribution < 1.29 is 17.6 Å². The molecule has 0 aliphatic rings. The van der Waals surface area contributed by atoms with Gasteiger partial charge in [-0.05, 0) is 24.3 Å². The molecule has 0 radical (unpaired) electrons. The van der Waals surface area contributed by atoms with Crippen molar-refractivity contribution in [1.82, 2.24) is 34.9 Å². The van der Waals surface area contributed by atoms with Crippen molar-refractivity contribution in [3.05, 3.63) is 54.0 Å². The van der Waals surface area contributed by atoms with Crippen molar-refractivity contribution in [2.24, 2.45) is 0 Å². The van der Waals surface area contributed by atoms with Crippen molar-refractivity contribution in [3.8, 4) is 11.5 Å². The second kappa shape index (κ2) is 5.86. The van der Waals surface area contributed by atoms with Gasteiger partial charge in [-0.15, -0.1) is 5.10 Å². The van der Waals surface area contributed by atoms with E-state index in [4.69, 9.17) is 0 Å². The van der Waals surface area contributed by atoms with Gasteiger partial charge in [0.2, 0.25) is 0 Å². The highest BCUT2D eigenvalue weighted by molar-refractivity contribution is 5.89. The number of nitrogens with zero attached hydrogens (tertiary/aromatic N) is 6. The number of hydrogen-bond donors (Lipinski definition) is 1. The zero-order valence-electron chi connectivity index (χ0n) is 12.9. The lowest BCUT2D eigenvalue weighted by atomic mass is 10.2. The van der Waals surface area contributed by atoms with Crippen LogP contribution in [0, 0.1) is 5.82 Å². The standard InChI is InChI=1S/C15H9F4N7/c16-9-4-2-5-20-10(9)7-26-13-8(3-1-6-21-13)11(25-26)12-22-14(24-23-12)15(17,18)19/h1-6H,7H2,(H,22,23,24). The fourth-order valence-electron chi connectivity index (χ4n) is 2.47. The number of fused-ring (bicyclic) bond motifs is 1. The molecule has 4 aromatic rings. The monoisotopic (exact) mass is 363 g/mol. The van der Waals surface area contributed by atoms with Crippen LogP contribution in [-0.4, -0.2) is 34.9 Å². The average molecular weight is 363 g/mol. The van der Waals surface area contributed by atoms with Crippen molar-refractivity contribution in [3.63, 3.8) is 0 Å². The normalized spacial score (nSPS) is 12.0. The predicted octanol–water partition coefficient (Wildman–Crippen LogP) is 2.82. The summed E-state index contributed by atoms with van der Waals surface area (Å²) in [6.45, 7) is -0.0412. The lowest BCUT2D eigenvalue weighted by Gasteiger charge is -2.03. The second-order valence-electron chi connectivity index (χ2n) is 5.32. The molecule has 4 heterocycles. The fraction of sp³-hybridized carbons (Fsp3) is 0.133. The van der Waals surface area contributed by atoms with Crippen molar-refractivity contribution in [2.45, 2.75) is 12.7 Å². The minimum absolute atomic E-state index is 0.0412. The first kappa shape index (κ1) is 16.1. The van der Waals surface area contributed by atoms with E-state index in [1.807, 2.05) is 0 Å². The maximum atomic E-state index is 13.9. The molecule has 4 aromatic heterocycles. The van der Waals surface area contributed by atoms with Crippen LogP contribution in [-0.2, 0) is 12.7 Å². The van der Waals surface area contributed by atoms with Crippen LogP contribution in [0.2, 0.25) is 0 Å². The lowest BCUT2D eigenvalue weighted by Crippen LogP contribution is -2.07. The third-order valence-corrected chi connectivity index (χ3v) is 3.60. The summed E-state index contributed by atoms with van der Waals surface area (Å²) >= 11 is 0. The van der Waals surface area contributed by atoms with E-state index in [2.05, 4.69) is 30.2 Å². The molecule has 0 amide bonds. The average Bonchev–Trinajstić information content (AvgIpc) is 3.22. The lowest BCUT2D eigenvalue weighted by molar-refractivity contribution is -0.144. The first-order valence-corrected chi connectivity index (χ1v) is 7.34. The minimum Gasteiger partial charge on any atom is -0.257 e.